The summed E-state index contributed by atoms with van der Waals surface area (Å²) in [6, 6.07) is 7.97. The van der Waals surface area contributed by atoms with Crippen LogP contribution in [0.3, 0.4) is 0 Å². The fraction of sp³-hybridized carbons (Fsp3) is 0.538. The van der Waals surface area contributed by atoms with Crippen LogP contribution in [0.5, 0.6) is 0 Å². The fourth-order valence-electron chi connectivity index (χ4n) is 1.70. The van der Waals surface area contributed by atoms with Crippen molar-refractivity contribution in [2.24, 2.45) is 5.73 Å². The van der Waals surface area contributed by atoms with Crippen molar-refractivity contribution in [3.8, 4) is 0 Å². The van der Waals surface area contributed by atoms with Gasteiger partial charge in [0.05, 0.1) is 0 Å². The summed E-state index contributed by atoms with van der Waals surface area (Å²) in [6.45, 7) is 4.44. The van der Waals surface area contributed by atoms with Gasteiger partial charge in [0.15, 0.2) is 0 Å². The average Bonchev–Trinajstić information content (AvgIpc) is 2.27. The van der Waals surface area contributed by atoms with E-state index in [1.807, 2.05) is 31.2 Å². The molecule has 2 nitrogen and oxygen atoms in total. The van der Waals surface area contributed by atoms with Crippen molar-refractivity contribution in [1.82, 2.24) is 0 Å². The van der Waals surface area contributed by atoms with Gasteiger partial charge in [0.1, 0.15) is 5.60 Å². The second kappa shape index (κ2) is 5.29. The fourth-order valence-corrected chi connectivity index (χ4v) is 1.70. The van der Waals surface area contributed by atoms with E-state index in [0.717, 1.165) is 24.8 Å². The van der Waals surface area contributed by atoms with Crippen molar-refractivity contribution in [1.29, 1.82) is 0 Å². The zero-order valence-electron chi connectivity index (χ0n) is 9.66. The highest BCUT2D eigenvalue weighted by Gasteiger charge is 2.26. The Bertz CT molecular complexity index is 294. The maximum atomic E-state index is 10.4. The van der Waals surface area contributed by atoms with Gasteiger partial charge < -0.3 is 10.8 Å². The monoisotopic (exact) mass is 207 g/mol. The second-order valence-corrected chi connectivity index (χ2v) is 4.21. The van der Waals surface area contributed by atoms with Crippen molar-refractivity contribution < 1.29 is 5.11 Å². The number of aliphatic hydroxyl groups is 1. The first kappa shape index (κ1) is 12.2. The molecular weight excluding hydrogens is 186 g/mol. The molecule has 0 spiro atoms. The number of hydrogen-bond donors (Lipinski definition) is 2. The lowest BCUT2D eigenvalue weighted by molar-refractivity contribution is 0.0344. The third kappa shape index (κ3) is 3.05. The maximum Gasteiger partial charge on any atom is 0.102 e. The summed E-state index contributed by atoms with van der Waals surface area (Å²) in [4.78, 5) is 0. The zero-order chi connectivity index (χ0) is 11.3. The van der Waals surface area contributed by atoms with Crippen LogP contribution in [0.1, 0.15) is 37.3 Å². The van der Waals surface area contributed by atoms with Crippen LogP contribution in [0.4, 0.5) is 0 Å². The molecule has 0 radical (unpaired) electrons. The van der Waals surface area contributed by atoms with Crippen LogP contribution in [0.25, 0.3) is 0 Å². The summed E-state index contributed by atoms with van der Waals surface area (Å²) in [6.07, 6.45) is 2.82. The molecule has 1 atom stereocenters. The molecule has 15 heavy (non-hydrogen) atoms. The first-order valence-corrected chi connectivity index (χ1v) is 5.62. The summed E-state index contributed by atoms with van der Waals surface area (Å²) >= 11 is 0. The third-order valence-electron chi connectivity index (χ3n) is 2.87. The van der Waals surface area contributed by atoms with Crippen LogP contribution in [0.15, 0.2) is 24.3 Å². The van der Waals surface area contributed by atoms with Gasteiger partial charge in [-0.25, -0.2) is 0 Å². The molecule has 3 N–H and O–H groups in total. The van der Waals surface area contributed by atoms with E-state index in [1.165, 1.54) is 5.56 Å². The van der Waals surface area contributed by atoms with E-state index in [2.05, 4.69) is 6.92 Å². The first-order valence-electron chi connectivity index (χ1n) is 5.62. The quantitative estimate of drug-likeness (QED) is 0.778. The molecular formula is C13H21NO. The Kier molecular flexibility index (Phi) is 4.30. The molecule has 0 aliphatic rings. The molecule has 0 amide bonds. The summed E-state index contributed by atoms with van der Waals surface area (Å²) in [5, 5.41) is 10.4. The van der Waals surface area contributed by atoms with Crippen LogP contribution >= 0.6 is 0 Å². The van der Waals surface area contributed by atoms with Gasteiger partial charge in [-0.3, -0.25) is 0 Å². The molecule has 0 fully saturated rings. The Balaban J connectivity index is 2.85. The van der Waals surface area contributed by atoms with E-state index < -0.39 is 5.60 Å². The standard InChI is InChI=1S/C13H21NO/c1-3-4-9-13(15,10-14)12-7-5-11(2)6-8-12/h5-8,15H,3-4,9-10,14H2,1-2H3. The molecule has 0 heterocycles. The van der Waals surface area contributed by atoms with Gasteiger partial charge in [-0.2, -0.15) is 0 Å². The molecule has 0 bridgehead atoms. The maximum absolute atomic E-state index is 10.4. The minimum absolute atomic E-state index is 0.288. The lowest BCUT2D eigenvalue weighted by atomic mass is 9.88. The molecule has 0 aliphatic heterocycles. The van der Waals surface area contributed by atoms with Gasteiger partial charge in [-0.05, 0) is 18.9 Å². The molecule has 84 valence electrons. The lowest BCUT2D eigenvalue weighted by Crippen LogP contribution is -2.34. The number of benzene rings is 1. The molecule has 1 unspecified atom stereocenters. The Morgan fingerprint density at radius 3 is 2.33 bits per heavy atom. The lowest BCUT2D eigenvalue weighted by Gasteiger charge is -2.27. The summed E-state index contributed by atoms with van der Waals surface area (Å²) in [7, 11) is 0. The molecule has 0 aromatic heterocycles. The predicted molar refractivity (Wildman–Crippen MR) is 63.7 cm³/mol. The van der Waals surface area contributed by atoms with Crippen molar-refractivity contribution in [2.45, 2.75) is 38.7 Å². The van der Waals surface area contributed by atoms with Crippen LogP contribution in [0.2, 0.25) is 0 Å². The Labute approximate surface area is 92.1 Å². The number of aryl methyl sites for hydroxylation is 1. The van der Waals surface area contributed by atoms with Crippen molar-refractivity contribution in [3.63, 3.8) is 0 Å². The normalized spacial score (nSPS) is 14.9. The van der Waals surface area contributed by atoms with Crippen molar-refractivity contribution >= 4 is 0 Å². The minimum Gasteiger partial charge on any atom is -0.384 e. The average molecular weight is 207 g/mol. The SMILES string of the molecule is CCCCC(O)(CN)c1ccc(C)cc1. The van der Waals surface area contributed by atoms with Crippen LogP contribution in [0, 0.1) is 6.92 Å². The van der Waals surface area contributed by atoms with E-state index >= 15 is 0 Å². The Hall–Kier alpha value is -0.860. The molecule has 0 saturated heterocycles. The van der Waals surface area contributed by atoms with E-state index in [1.54, 1.807) is 0 Å². The molecule has 1 rings (SSSR count). The van der Waals surface area contributed by atoms with E-state index in [-0.39, 0.29) is 6.54 Å². The largest absolute Gasteiger partial charge is 0.384 e. The topological polar surface area (TPSA) is 46.2 Å². The van der Waals surface area contributed by atoms with Gasteiger partial charge in [-0.15, -0.1) is 0 Å². The van der Waals surface area contributed by atoms with Crippen LogP contribution < -0.4 is 5.73 Å². The summed E-state index contributed by atoms with van der Waals surface area (Å²) in [5.74, 6) is 0. The summed E-state index contributed by atoms with van der Waals surface area (Å²) < 4.78 is 0. The Morgan fingerprint density at radius 1 is 1.27 bits per heavy atom. The predicted octanol–water partition coefficient (Wildman–Crippen LogP) is 2.33. The first-order chi connectivity index (χ1) is 7.12. The number of nitrogens with two attached hydrogens (primary N) is 1. The van der Waals surface area contributed by atoms with Gasteiger partial charge in [0.2, 0.25) is 0 Å². The third-order valence-corrected chi connectivity index (χ3v) is 2.87. The smallest absolute Gasteiger partial charge is 0.102 e. The van der Waals surface area contributed by atoms with Gasteiger partial charge in [0.25, 0.3) is 0 Å². The highest BCUT2D eigenvalue weighted by molar-refractivity contribution is 5.26. The number of rotatable bonds is 5. The van der Waals surface area contributed by atoms with Crippen molar-refractivity contribution in [2.75, 3.05) is 6.54 Å². The summed E-state index contributed by atoms with van der Waals surface area (Å²) in [5.41, 5.74) is 6.96. The molecule has 0 saturated carbocycles. The van der Waals surface area contributed by atoms with Crippen LogP contribution in [-0.4, -0.2) is 11.7 Å². The second-order valence-electron chi connectivity index (χ2n) is 4.21. The van der Waals surface area contributed by atoms with Gasteiger partial charge in [-0.1, -0.05) is 49.6 Å². The number of hydrogen-bond acceptors (Lipinski definition) is 2. The van der Waals surface area contributed by atoms with Crippen molar-refractivity contribution in [3.05, 3.63) is 35.4 Å². The molecule has 1 aromatic carbocycles. The minimum atomic E-state index is -0.844. The van der Waals surface area contributed by atoms with E-state index in [9.17, 15) is 5.11 Å². The van der Waals surface area contributed by atoms with E-state index in [4.69, 9.17) is 5.73 Å². The highest BCUT2D eigenvalue weighted by Crippen LogP contribution is 2.26. The zero-order valence-corrected chi connectivity index (χ0v) is 9.66. The van der Waals surface area contributed by atoms with Crippen LogP contribution in [-0.2, 0) is 5.60 Å². The number of unbranched alkanes of at least 4 members (excludes halogenated alkanes) is 1. The van der Waals surface area contributed by atoms with Gasteiger partial charge >= 0.3 is 0 Å². The van der Waals surface area contributed by atoms with Gasteiger partial charge in [0, 0.05) is 6.54 Å². The highest BCUT2D eigenvalue weighted by atomic mass is 16.3. The Morgan fingerprint density at radius 2 is 1.87 bits per heavy atom. The molecule has 2 heteroatoms. The molecule has 0 aliphatic carbocycles. The van der Waals surface area contributed by atoms with E-state index in [0.29, 0.717) is 0 Å². The molecule has 1 aromatic rings.